The highest BCUT2D eigenvalue weighted by molar-refractivity contribution is 6.30. The van der Waals surface area contributed by atoms with Crippen molar-refractivity contribution in [1.29, 1.82) is 0 Å². The number of hydrogen-bond donors (Lipinski definition) is 0. The van der Waals surface area contributed by atoms with Crippen LogP contribution < -0.4 is 0 Å². The highest BCUT2D eigenvalue weighted by Gasteiger charge is 2.19. The molecule has 0 heterocycles. The maximum absolute atomic E-state index is 11.3. The second kappa shape index (κ2) is 4.06. The molecule has 5 nitrogen and oxygen atoms in total. The van der Waals surface area contributed by atoms with E-state index in [4.69, 9.17) is 11.6 Å². The molecule has 14 heavy (non-hydrogen) atoms. The molecule has 0 bridgehead atoms. The van der Waals surface area contributed by atoms with Gasteiger partial charge in [0, 0.05) is 10.6 Å². The van der Waals surface area contributed by atoms with E-state index in [1.165, 1.54) is 24.3 Å². The molecule has 0 N–H and O–H groups in total. The van der Waals surface area contributed by atoms with Gasteiger partial charge in [-0.2, -0.15) is 0 Å². The third-order valence-corrected chi connectivity index (χ3v) is 1.88. The fourth-order valence-corrected chi connectivity index (χ4v) is 0.979. The number of halogens is 1. The Balaban J connectivity index is 2.90. The average molecular weight is 215 g/mol. The molecule has 0 atom stereocenters. The van der Waals surface area contributed by atoms with Crippen LogP contribution in [0.5, 0.6) is 0 Å². The van der Waals surface area contributed by atoms with Crippen LogP contribution in [0.3, 0.4) is 0 Å². The van der Waals surface area contributed by atoms with Crippen molar-refractivity contribution >= 4 is 17.5 Å². The summed E-state index contributed by atoms with van der Waals surface area (Å²) >= 11 is 5.60. The zero-order valence-electron chi connectivity index (χ0n) is 7.31. The van der Waals surface area contributed by atoms with Crippen LogP contribution in [0.15, 0.2) is 24.3 Å². The van der Waals surface area contributed by atoms with Gasteiger partial charge in [-0.05, 0) is 24.3 Å². The Kier molecular flexibility index (Phi) is 3.03. The summed E-state index contributed by atoms with van der Waals surface area (Å²) in [5, 5.41) is 10.4. The predicted octanol–water partition coefficient (Wildman–Crippen LogP) is 1.60. The number of amides is 1. The van der Waals surface area contributed by atoms with Crippen molar-refractivity contribution in [3.05, 3.63) is 45.0 Å². The normalized spacial score (nSPS) is 9.57. The molecule has 0 fully saturated rings. The first kappa shape index (κ1) is 10.5. The van der Waals surface area contributed by atoms with Crippen molar-refractivity contribution in [3.8, 4) is 0 Å². The van der Waals surface area contributed by atoms with Crippen LogP contribution in [0.4, 0.5) is 0 Å². The van der Waals surface area contributed by atoms with Crippen LogP contribution in [0.2, 0.25) is 5.02 Å². The molecule has 0 saturated carbocycles. The third-order valence-electron chi connectivity index (χ3n) is 1.63. The van der Waals surface area contributed by atoms with E-state index in [9.17, 15) is 14.9 Å². The monoisotopic (exact) mass is 214 g/mol. The summed E-state index contributed by atoms with van der Waals surface area (Å²) in [5.41, 5.74) is 0.230. The van der Waals surface area contributed by atoms with Crippen molar-refractivity contribution in [2.75, 3.05) is 7.05 Å². The maximum Gasteiger partial charge on any atom is 0.313 e. The van der Waals surface area contributed by atoms with Crippen molar-refractivity contribution in [2.45, 2.75) is 0 Å². The Hall–Kier alpha value is -1.62. The Bertz CT molecular complexity index is 363. The lowest BCUT2D eigenvalue weighted by molar-refractivity contribution is -0.625. The van der Waals surface area contributed by atoms with Gasteiger partial charge in [-0.15, -0.1) is 0 Å². The minimum atomic E-state index is -0.781. The second-order valence-corrected chi connectivity index (χ2v) is 3.01. The number of carbonyl (C=O) groups excluding carboxylic acids is 1. The molecule has 1 aromatic rings. The van der Waals surface area contributed by atoms with E-state index in [1.807, 2.05) is 0 Å². The van der Waals surface area contributed by atoms with Gasteiger partial charge >= 0.3 is 5.91 Å². The highest BCUT2D eigenvalue weighted by Crippen LogP contribution is 2.10. The molecular weight excluding hydrogens is 208 g/mol. The molecule has 0 radical (unpaired) electrons. The molecule has 0 unspecified atom stereocenters. The maximum atomic E-state index is 11.3. The number of hydrazine groups is 1. The summed E-state index contributed by atoms with van der Waals surface area (Å²) in [6, 6.07) is 5.88. The van der Waals surface area contributed by atoms with Crippen LogP contribution in [0.25, 0.3) is 0 Å². The molecule has 0 spiro atoms. The number of carbonyl (C=O) groups is 1. The van der Waals surface area contributed by atoms with E-state index in [0.717, 1.165) is 7.05 Å². The van der Waals surface area contributed by atoms with Crippen molar-refractivity contribution in [2.24, 2.45) is 0 Å². The van der Waals surface area contributed by atoms with E-state index in [2.05, 4.69) is 0 Å². The summed E-state index contributed by atoms with van der Waals surface area (Å²) in [7, 11) is 1.09. The molecule has 0 saturated heterocycles. The van der Waals surface area contributed by atoms with Gasteiger partial charge in [0.25, 0.3) is 0 Å². The molecule has 0 aromatic heterocycles. The fourth-order valence-electron chi connectivity index (χ4n) is 0.853. The third kappa shape index (κ3) is 2.20. The van der Waals surface area contributed by atoms with Gasteiger partial charge in [0.15, 0.2) is 5.03 Å². The van der Waals surface area contributed by atoms with E-state index in [1.54, 1.807) is 0 Å². The van der Waals surface area contributed by atoms with Gasteiger partial charge in [0.05, 0.1) is 7.05 Å². The predicted molar refractivity (Wildman–Crippen MR) is 50.5 cm³/mol. The average Bonchev–Trinajstić information content (AvgIpc) is 2.16. The second-order valence-electron chi connectivity index (χ2n) is 2.57. The molecule has 1 amide bonds. The fraction of sp³-hybridized carbons (Fsp3) is 0.125. The summed E-state index contributed by atoms with van der Waals surface area (Å²) in [6.45, 7) is 0. The molecule has 6 heteroatoms. The van der Waals surface area contributed by atoms with Crippen LogP contribution in [0.1, 0.15) is 10.4 Å². The zero-order valence-corrected chi connectivity index (χ0v) is 8.06. The summed E-state index contributed by atoms with van der Waals surface area (Å²) in [6.07, 6.45) is 0. The van der Waals surface area contributed by atoms with Gasteiger partial charge in [0.1, 0.15) is 0 Å². The Morgan fingerprint density at radius 3 is 2.36 bits per heavy atom. The standard InChI is InChI=1S/C8H7ClN2O3/c1-10(11(13)14)8(12)6-2-4-7(9)5-3-6/h2-5H,1H3. The van der Waals surface area contributed by atoms with E-state index in [-0.39, 0.29) is 5.56 Å². The first-order valence-corrected chi connectivity index (χ1v) is 4.08. The van der Waals surface area contributed by atoms with Crippen LogP contribution in [-0.4, -0.2) is 23.0 Å². The molecular formula is C8H7ClN2O3. The minimum Gasteiger partial charge on any atom is -0.263 e. The lowest BCUT2D eigenvalue weighted by Crippen LogP contribution is -2.32. The number of benzene rings is 1. The Labute approximate surface area is 85.0 Å². The number of hydrogen-bond acceptors (Lipinski definition) is 3. The summed E-state index contributed by atoms with van der Waals surface area (Å²) < 4.78 is 0. The van der Waals surface area contributed by atoms with Gasteiger partial charge in [-0.25, -0.2) is 10.1 Å². The van der Waals surface area contributed by atoms with Crippen LogP contribution in [-0.2, 0) is 0 Å². The van der Waals surface area contributed by atoms with Gasteiger partial charge in [-0.1, -0.05) is 16.6 Å². The molecule has 0 aliphatic rings. The zero-order chi connectivity index (χ0) is 10.7. The number of rotatable bonds is 2. The van der Waals surface area contributed by atoms with Crippen LogP contribution >= 0.6 is 11.6 Å². The van der Waals surface area contributed by atoms with Crippen molar-refractivity contribution in [1.82, 2.24) is 5.01 Å². The molecule has 0 aliphatic heterocycles. The first-order valence-electron chi connectivity index (χ1n) is 3.70. The molecule has 1 rings (SSSR count). The van der Waals surface area contributed by atoms with Crippen molar-refractivity contribution in [3.63, 3.8) is 0 Å². The SMILES string of the molecule is CN(C(=O)c1ccc(Cl)cc1)[N+](=O)[O-]. The quantitative estimate of drug-likeness (QED) is 0.555. The van der Waals surface area contributed by atoms with E-state index in [0.29, 0.717) is 10.0 Å². The van der Waals surface area contributed by atoms with E-state index < -0.39 is 10.9 Å². The number of nitrogens with zero attached hydrogens (tertiary/aromatic N) is 2. The van der Waals surface area contributed by atoms with Crippen molar-refractivity contribution < 1.29 is 9.83 Å². The minimum absolute atomic E-state index is 0.230. The Morgan fingerprint density at radius 2 is 1.93 bits per heavy atom. The molecule has 74 valence electrons. The highest BCUT2D eigenvalue weighted by atomic mass is 35.5. The summed E-state index contributed by atoms with van der Waals surface area (Å²) in [5.74, 6) is -0.674. The molecule has 1 aromatic carbocycles. The smallest absolute Gasteiger partial charge is 0.263 e. The van der Waals surface area contributed by atoms with Gasteiger partial charge in [0.2, 0.25) is 0 Å². The number of nitro groups is 1. The van der Waals surface area contributed by atoms with Gasteiger partial charge in [-0.3, -0.25) is 4.79 Å². The van der Waals surface area contributed by atoms with Gasteiger partial charge < -0.3 is 0 Å². The topological polar surface area (TPSA) is 63.5 Å². The van der Waals surface area contributed by atoms with E-state index >= 15 is 0 Å². The summed E-state index contributed by atoms with van der Waals surface area (Å²) in [4.78, 5) is 21.6. The lowest BCUT2D eigenvalue weighted by Gasteiger charge is -2.05. The van der Waals surface area contributed by atoms with Crippen LogP contribution in [0, 0.1) is 10.1 Å². The Morgan fingerprint density at radius 1 is 1.43 bits per heavy atom. The lowest BCUT2D eigenvalue weighted by atomic mass is 10.2. The first-order chi connectivity index (χ1) is 6.52. The molecule has 0 aliphatic carbocycles. The largest absolute Gasteiger partial charge is 0.313 e.